The zero-order valence-corrected chi connectivity index (χ0v) is 17.5. The lowest BCUT2D eigenvalue weighted by Gasteiger charge is -2.33. The maximum absolute atomic E-state index is 12.9. The number of likely N-dealkylation sites (tertiary alicyclic amines) is 1. The maximum Gasteiger partial charge on any atom is 0.260 e. The van der Waals surface area contributed by atoms with E-state index in [-0.39, 0.29) is 24.3 Å². The fourth-order valence-corrected chi connectivity index (χ4v) is 3.54. The lowest BCUT2D eigenvalue weighted by molar-refractivity contribution is -0.136. The molecule has 0 aliphatic carbocycles. The summed E-state index contributed by atoms with van der Waals surface area (Å²) in [5.41, 5.74) is 0. The highest BCUT2D eigenvalue weighted by Crippen LogP contribution is 2.23. The van der Waals surface area contributed by atoms with Gasteiger partial charge in [0, 0.05) is 36.2 Å². The summed E-state index contributed by atoms with van der Waals surface area (Å²) in [5.74, 6) is 1.28. The quantitative estimate of drug-likeness (QED) is 0.682. The van der Waals surface area contributed by atoms with E-state index in [0.29, 0.717) is 44.0 Å². The number of para-hydroxylation sites is 1. The van der Waals surface area contributed by atoms with E-state index in [1.165, 1.54) is 0 Å². The largest absolute Gasteiger partial charge is 0.484 e. The number of aromatic nitrogens is 1. The van der Waals surface area contributed by atoms with E-state index in [4.69, 9.17) is 4.74 Å². The van der Waals surface area contributed by atoms with E-state index < -0.39 is 0 Å². The van der Waals surface area contributed by atoms with E-state index in [1.54, 1.807) is 16.0 Å². The standard InChI is InChI=1S/C21H24BrN3O3/c1-2-25(19-9-8-17(22)14-23-19)21(27)16-10-12-24(13-11-16)20(26)15-28-18-6-4-3-5-7-18/h3-9,14,16H,2,10-13,15H2,1H3. The van der Waals surface area contributed by atoms with Gasteiger partial charge >= 0.3 is 0 Å². The van der Waals surface area contributed by atoms with Crippen molar-refractivity contribution in [2.45, 2.75) is 19.8 Å². The van der Waals surface area contributed by atoms with Crippen LogP contribution in [0.25, 0.3) is 0 Å². The molecule has 0 saturated carbocycles. The Labute approximate surface area is 173 Å². The Bertz CT molecular complexity index is 790. The minimum Gasteiger partial charge on any atom is -0.484 e. The molecule has 0 N–H and O–H groups in total. The van der Waals surface area contributed by atoms with Gasteiger partial charge in [0.2, 0.25) is 5.91 Å². The van der Waals surface area contributed by atoms with Gasteiger partial charge in [-0.3, -0.25) is 14.5 Å². The van der Waals surface area contributed by atoms with E-state index in [9.17, 15) is 9.59 Å². The number of piperidine rings is 1. The second-order valence-electron chi connectivity index (χ2n) is 6.67. The van der Waals surface area contributed by atoms with E-state index in [0.717, 1.165) is 4.47 Å². The second kappa shape index (κ2) is 9.68. The van der Waals surface area contributed by atoms with Gasteiger partial charge in [-0.25, -0.2) is 4.98 Å². The average Bonchev–Trinajstić information content (AvgIpc) is 2.74. The molecule has 2 amide bonds. The molecule has 1 aromatic carbocycles. The Morgan fingerprint density at radius 2 is 1.89 bits per heavy atom. The number of pyridine rings is 1. The zero-order chi connectivity index (χ0) is 19.9. The smallest absolute Gasteiger partial charge is 0.260 e. The normalized spacial score (nSPS) is 14.6. The van der Waals surface area contributed by atoms with Crippen molar-refractivity contribution < 1.29 is 14.3 Å². The van der Waals surface area contributed by atoms with Gasteiger partial charge in [-0.2, -0.15) is 0 Å². The highest BCUT2D eigenvalue weighted by Gasteiger charge is 2.30. The van der Waals surface area contributed by atoms with Crippen molar-refractivity contribution in [1.29, 1.82) is 0 Å². The van der Waals surface area contributed by atoms with Crippen molar-refractivity contribution in [3.8, 4) is 5.75 Å². The molecule has 2 heterocycles. The number of hydrogen-bond acceptors (Lipinski definition) is 4. The van der Waals surface area contributed by atoms with E-state index in [1.807, 2.05) is 49.4 Å². The molecular weight excluding hydrogens is 422 g/mol. The van der Waals surface area contributed by atoms with Gasteiger partial charge in [0.25, 0.3) is 5.91 Å². The Balaban J connectivity index is 1.51. The Morgan fingerprint density at radius 1 is 1.18 bits per heavy atom. The third-order valence-electron chi connectivity index (χ3n) is 4.87. The summed E-state index contributed by atoms with van der Waals surface area (Å²) in [6.07, 6.45) is 3.01. The molecule has 0 radical (unpaired) electrons. The number of carbonyl (C=O) groups excluding carboxylic acids is 2. The second-order valence-corrected chi connectivity index (χ2v) is 7.59. The zero-order valence-electron chi connectivity index (χ0n) is 15.9. The predicted octanol–water partition coefficient (Wildman–Crippen LogP) is 3.51. The molecule has 1 aliphatic heterocycles. The summed E-state index contributed by atoms with van der Waals surface area (Å²) in [5, 5.41) is 0. The molecular formula is C21H24BrN3O3. The van der Waals surface area contributed by atoms with Crippen LogP contribution in [0.5, 0.6) is 5.75 Å². The number of anilines is 1. The van der Waals surface area contributed by atoms with Crippen LogP contribution >= 0.6 is 15.9 Å². The van der Waals surface area contributed by atoms with Gasteiger partial charge in [-0.1, -0.05) is 18.2 Å². The van der Waals surface area contributed by atoms with Gasteiger partial charge in [0.05, 0.1) is 0 Å². The van der Waals surface area contributed by atoms with Gasteiger partial charge in [0.15, 0.2) is 6.61 Å². The molecule has 0 unspecified atom stereocenters. The molecule has 7 heteroatoms. The molecule has 6 nitrogen and oxygen atoms in total. The average molecular weight is 446 g/mol. The third kappa shape index (κ3) is 5.10. The number of benzene rings is 1. The number of halogens is 1. The summed E-state index contributed by atoms with van der Waals surface area (Å²) in [6, 6.07) is 13.0. The summed E-state index contributed by atoms with van der Waals surface area (Å²) in [7, 11) is 0. The van der Waals surface area contributed by atoms with Crippen LogP contribution in [0.4, 0.5) is 5.82 Å². The topological polar surface area (TPSA) is 62.7 Å². The van der Waals surface area contributed by atoms with Crippen LogP contribution in [0.3, 0.4) is 0 Å². The molecule has 1 fully saturated rings. The van der Waals surface area contributed by atoms with E-state index in [2.05, 4.69) is 20.9 Å². The number of rotatable bonds is 6. The van der Waals surface area contributed by atoms with Crippen molar-refractivity contribution >= 4 is 33.6 Å². The first-order chi connectivity index (χ1) is 13.6. The molecule has 0 spiro atoms. The van der Waals surface area contributed by atoms with Crippen LogP contribution in [0.2, 0.25) is 0 Å². The number of hydrogen-bond donors (Lipinski definition) is 0. The monoisotopic (exact) mass is 445 g/mol. The number of nitrogens with zero attached hydrogens (tertiary/aromatic N) is 3. The van der Waals surface area contributed by atoms with Crippen LogP contribution in [-0.2, 0) is 9.59 Å². The molecule has 2 aromatic rings. The van der Waals surface area contributed by atoms with E-state index >= 15 is 0 Å². The summed E-state index contributed by atoms with van der Waals surface area (Å²) < 4.78 is 6.42. The Morgan fingerprint density at radius 3 is 2.50 bits per heavy atom. The van der Waals surface area contributed by atoms with Gasteiger partial charge in [-0.15, -0.1) is 0 Å². The minimum absolute atomic E-state index is 0.0204. The van der Waals surface area contributed by atoms with Crippen LogP contribution in [0.15, 0.2) is 53.1 Å². The minimum atomic E-state index is -0.0931. The Hall–Kier alpha value is -2.41. The molecule has 3 rings (SSSR count). The fourth-order valence-electron chi connectivity index (χ4n) is 3.31. The lowest BCUT2D eigenvalue weighted by atomic mass is 9.95. The molecule has 0 atom stereocenters. The van der Waals surface area contributed by atoms with Crippen LogP contribution in [-0.4, -0.2) is 47.9 Å². The number of ether oxygens (including phenoxy) is 1. The first kappa shape index (κ1) is 20.3. The Kier molecular flexibility index (Phi) is 7.03. The first-order valence-corrected chi connectivity index (χ1v) is 10.3. The van der Waals surface area contributed by atoms with Crippen molar-refractivity contribution in [1.82, 2.24) is 9.88 Å². The SMILES string of the molecule is CCN(C(=O)C1CCN(C(=O)COc2ccccc2)CC1)c1ccc(Br)cn1. The molecule has 1 aliphatic rings. The van der Waals surface area contributed by atoms with Gasteiger partial charge in [-0.05, 0) is 60.0 Å². The van der Waals surface area contributed by atoms with Gasteiger partial charge < -0.3 is 9.64 Å². The van der Waals surface area contributed by atoms with Gasteiger partial charge in [0.1, 0.15) is 11.6 Å². The van der Waals surface area contributed by atoms with Crippen molar-refractivity contribution in [3.05, 3.63) is 53.1 Å². The maximum atomic E-state index is 12.9. The molecule has 1 aromatic heterocycles. The summed E-state index contributed by atoms with van der Waals surface area (Å²) in [4.78, 5) is 33.2. The van der Waals surface area contributed by atoms with Crippen molar-refractivity contribution in [3.63, 3.8) is 0 Å². The molecule has 1 saturated heterocycles. The molecule has 148 valence electrons. The highest BCUT2D eigenvalue weighted by molar-refractivity contribution is 9.10. The lowest BCUT2D eigenvalue weighted by Crippen LogP contribution is -2.45. The predicted molar refractivity (Wildman–Crippen MR) is 111 cm³/mol. The van der Waals surface area contributed by atoms with Crippen molar-refractivity contribution in [2.75, 3.05) is 31.1 Å². The highest BCUT2D eigenvalue weighted by atomic mass is 79.9. The number of amides is 2. The van der Waals surface area contributed by atoms with Crippen LogP contribution in [0.1, 0.15) is 19.8 Å². The molecule has 28 heavy (non-hydrogen) atoms. The third-order valence-corrected chi connectivity index (χ3v) is 5.34. The molecule has 0 bridgehead atoms. The summed E-state index contributed by atoms with van der Waals surface area (Å²) >= 11 is 3.36. The van der Waals surface area contributed by atoms with Crippen molar-refractivity contribution in [2.24, 2.45) is 5.92 Å². The van der Waals surface area contributed by atoms with Crippen LogP contribution in [0, 0.1) is 5.92 Å². The summed E-state index contributed by atoms with van der Waals surface area (Å²) in [6.45, 7) is 3.67. The van der Waals surface area contributed by atoms with Crippen LogP contribution < -0.4 is 9.64 Å². The first-order valence-electron chi connectivity index (χ1n) is 9.47. The fraction of sp³-hybridized carbons (Fsp3) is 0.381. The number of carbonyl (C=O) groups is 2.